The molecule has 1 saturated heterocycles. The molecule has 3 rings (SSSR count). The molecule has 5 heteroatoms. The Morgan fingerprint density at radius 2 is 1.75 bits per heavy atom. The van der Waals surface area contributed by atoms with Gasteiger partial charge in [-0.1, -0.05) is 15.9 Å². The minimum Gasteiger partial charge on any atom is -0.349 e. The molecule has 2 aliphatic rings. The number of halogens is 1. The minimum atomic E-state index is -0.362. The van der Waals surface area contributed by atoms with Gasteiger partial charge in [-0.2, -0.15) is 0 Å². The lowest BCUT2D eigenvalue weighted by molar-refractivity contribution is -0.179. The first-order valence-corrected chi connectivity index (χ1v) is 7.81. The van der Waals surface area contributed by atoms with E-state index in [2.05, 4.69) is 21.2 Å². The molecule has 1 N–H and O–H groups in total. The Kier molecular flexibility index (Phi) is 4.10. The van der Waals surface area contributed by atoms with Crippen LogP contribution in [0.3, 0.4) is 0 Å². The number of carbonyl (C=O) groups is 1. The molecule has 1 amide bonds. The molecule has 1 aliphatic carbocycles. The zero-order chi connectivity index (χ0) is 14.0. The molecule has 0 bridgehead atoms. The van der Waals surface area contributed by atoms with E-state index in [4.69, 9.17) is 9.47 Å². The second kappa shape index (κ2) is 5.84. The summed E-state index contributed by atoms with van der Waals surface area (Å²) >= 11 is 3.37. The molecule has 1 spiro atoms. The van der Waals surface area contributed by atoms with Crippen LogP contribution in [0.2, 0.25) is 0 Å². The number of nitrogens with one attached hydrogen (secondary N) is 1. The monoisotopic (exact) mass is 339 g/mol. The largest absolute Gasteiger partial charge is 0.349 e. The Balaban J connectivity index is 1.54. The minimum absolute atomic E-state index is 0.00768. The lowest BCUT2D eigenvalue weighted by Crippen LogP contribution is -2.44. The van der Waals surface area contributed by atoms with E-state index in [0.29, 0.717) is 18.8 Å². The highest BCUT2D eigenvalue weighted by molar-refractivity contribution is 9.10. The molecule has 0 atom stereocenters. The van der Waals surface area contributed by atoms with Crippen molar-refractivity contribution in [1.29, 1.82) is 0 Å². The Morgan fingerprint density at radius 3 is 2.35 bits per heavy atom. The van der Waals surface area contributed by atoms with Crippen molar-refractivity contribution in [2.24, 2.45) is 0 Å². The molecular weight excluding hydrogens is 322 g/mol. The molecule has 1 aromatic rings. The average Bonchev–Trinajstić information content (AvgIpc) is 2.91. The molecule has 20 heavy (non-hydrogen) atoms. The maximum Gasteiger partial charge on any atom is 0.251 e. The van der Waals surface area contributed by atoms with Gasteiger partial charge in [-0.05, 0) is 37.1 Å². The van der Waals surface area contributed by atoms with Gasteiger partial charge in [-0.3, -0.25) is 4.79 Å². The molecule has 1 aliphatic heterocycles. The SMILES string of the molecule is O=C(NC1CCC2(CC1)OCCO2)c1ccc(Br)cc1. The molecule has 1 aromatic carbocycles. The van der Waals surface area contributed by atoms with Crippen LogP contribution in [0.25, 0.3) is 0 Å². The lowest BCUT2D eigenvalue weighted by atomic mass is 9.90. The van der Waals surface area contributed by atoms with E-state index in [1.807, 2.05) is 24.3 Å². The van der Waals surface area contributed by atoms with Crippen LogP contribution in [0.4, 0.5) is 0 Å². The van der Waals surface area contributed by atoms with Gasteiger partial charge in [0.15, 0.2) is 5.79 Å². The van der Waals surface area contributed by atoms with Crippen LogP contribution in [-0.4, -0.2) is 30.9 Å². The number of benzene rings is 1. The van der Waals surface area contributed by atoms with Gasteiger partial charge in [-0.15, -0.1) is 0 Å². The van der Waals surface area contributed by atoms with E-state index in [9.17, 15) is 4.79 Å². The van der Waals surface area contributed by atoms with Gasteiger partial charge in [0.1, 0.15) is 0 Å². The van der Waals surface area contributed by atoms with E-state index in [0.717, 1.165) is 30.2 Å². The van der Waals surface area contributed by atoms with Crippen molar-refractivity contribution < 1.29 is 14.3 Å². The standard InChI is InChI=1S/C15H18BrNO3/c16-12-3-1-11(2-4-12)14(18)17-13-5-7-15(8-6-13)19-9-10-20-15/h1-4,13H,5-10H2,(H,17,18). The topological polar surface area (TPSA) is 47.6 Å². The normalized spacial score (nSPS) is 22.1. The number of ether oxygens (including phenoxy) is 2. The van der Waals surface area contributed by atoms with Gasteiger partial charge in [0.05, 0.1) is 13.2 Å². The molecule has 1 heterocycles. The predicted octanol–water partition coefficient (Wildman–Crippen LogP) is 2.86. The smallest absolute Gasteiger partial charge is 0.251 e. The van der Waals surface area contributed by atoms with Gasteiger partial charge >= 0.3 is 0 Å². The van der Waals surface area contributed by atoms with Crippen molar-refractivity contribution in [1.82, 2.24) is 5.32 Å². The number of hydrogen-bond acceptors (Lipinski definition) is 3. The highest BCUT2D eigenvalue weighted by atomic mass is 79.9. The van der Waals surface area contributed by atoms with Gasteiger partial charge in [0, 0.05) is 28.9 Å². The molecule has 108 valence electrons. The fraction of sp³-hybridized carbons (Fsp3) is 0.533. The molecule has 0 radical (unpaired) electrons. The van der Waals surface area contributed by atoms with Gasteiger partial charge in [0.25, 0.3) is 5.91 Å². The maximum absolute atomic E-state index is 12.1. The van der Waals surface area contributed by atoms with Crippen molar-refractivity contribution in [3.05, 3.63) is 34.3 Å². The zero-order valence-electron chi connectivity index (χ0n) is 11.2. The molecule has 2 fully saturated rings. The maximum atomic E-state index is 12.1. The first kappa shape index (κ1) is 14.0. The average molecular weight is 340 g/mol. The first-order valence-electron chi connectivity index (χ1n) is 7.01. The van der Waals surface area contributed by atoms with Crippen LogP contribution in [0.1, 0.15) is 36.0 Å². The van der Waals surface area contributed by atoms with Crippen molar-refractivity contribution in [3.8, 4) is 0 Å². The second-order valence-corrected chi connectivity index (χ2v) is 6.28. The summed E-state index contributed by atoms with van der Waals surface area (Å²) in [6, 6.07) is 7.63. The summed E-state index contributed by atoms with van der Waals surface area (Å²) in [6.45, 7) is 1.38. The molecular formula is C15H18BrNO3. The predicted molar refractivity (Wildman–Crippen MR) is 78.5 cm³/mol. The van der Waals surface area contributed by atoms with Crippen molar-refractivity contribution in [2.75, 3.05) is 13.2 Å². The van der Waals surface area contributed by atoms with Crippen molar-refractivity contribution in [2.45, 2.75) is 37.5 Å². The van der Waals surface area contributed by atoms with E-state index in [1.165, 1.54) is 0 Å². The Labute approximate surface area is 127 Å². The first-order chi connectivity index (χ1) is 9.67. The van der Waals surface area contributed by atoms with Gasteiger partial charge in [-0.25, -0.2) is 0 Å². The van der Waals surface area contributed by atoms with Crippen LogP contribution < -0.4 is 5.32 Å². The highest BCUT2D eigenvalue weighted by Crippen LogP contribution is 2.35. The Bertz CT molecular complexity index is 472. The van der Waals surface area contributed by atoms with Crippen LogP contribution >= 0.6 is 15.9 Å². The summed E-state index contributed by atoms with van der Waals surface area (Å²) in [6.07, 6.45) is 3.53. The van der Waals surface area contributed by atoms with Crippen molar-refractivity contribution in [3.63, 3.8) is 0 Å². The van der Waals surface area contributed by atoms with Crippen LogP contribution in [0, 0.1) is 0 Å². The van der Waals surface area contributed by atoms with E-state index < -0.39 is 0 Å². The Hall–Kier alpha value is -0.910. The summed E-state index contributed by atoms with van der Waals surface area (Å²) in [4.78, 5) is 12.1. The molecule has 0 aromatic heterocycles. The van der Waals surface area contributed by atoms with Crippen LogP contribution in [0.15, 0.2) is 28.7 Å². The summed E-state index contributed by atoms with van der Waals surface area (Å²) in [5.74, 6) is -0.370. The summed E-state index contributed by atoms with van der Waals surface area (Å²) in [5.41, 5.74) is 0.696. The van der Waals surface area contributed by atoms with E-state index in [1.54, 1.807) is 0 Å². The number of hydrogen-bond donors (Lipinski definition) is 1. The van der Waals surface area contributed by atoms with Crippen molar-refractivity contribution >= 4 is 21.8 Å². The Morgan fingerprint density at radius 1 is 1.15 bits per heavy atom. The van der Waals surface area contributed by atoms with Crippen LogP contribution in [-0.2, 0) is 9.47 Å². The van der Waals surface area contributed by atoms with Crippen LogP contribution in [0.5, 0.6) is 0 Å². The summed E-state index contributed by atoms with van der Waals surface area (Å²) in [5, 5.41) is 3.10. The van der Waals surface area contributed by atoms with E-state index in [-0.39, 0.29) is 17.7 Å². The summed E-state index contributed by atoms with van der Waals surface area (Å²) < 4.78 is 12.4. The fourth-order valence-corrected chi connectivity index (χ4v) is 3.12. The highest BCUT2D eigenvalue weighted by Gasteiger charge is 2.40. The zero-order valence-corrected chi connectivity index (χ0v) is 12.8. The lowest BCUT2D eigenvalue weighted by Gasteiger charge is -2.35. The number of amides is 1. The fourth-order valence-electron chi connectivity index (χ4n) is 2.86. The second-order valence-electron chi connectivity index (χ2n) is 5.36. The summed E-state index contributed by atoms with van der Waals surface area (Å²) in [7, 11) is 0. The molecule has 4 nitrogen and oxygen atoms in total. The molecule has 1 saturated carbocycles. The third kappa shape index (κ3) is 3.05. The quantitative estimate of drug-likeness (QED) is 0.901. The van der Waals surface area contributed by atoms with E-state index >= 15 is 0 Å². The third-order valence-corrected chi connectivity index (χ3v) is 4.53. The molecule has 0 unspecified atom stereocenters. The third-order valence-electron chi connectivity index (χ3n) is 4.00. The number of carbonyl (C=O) groups excluding carboxylic acids is 1. The number of rotatable bonds is 2. The van der Waals surface area contributed by atoms with Gasteiger partial charge in [0.2, 0.25) is 0 Å². The van der Waals surface area contributed by atoms with Gasteiger partial charge < -0.3 is 14.8 Å².